The van der Waals surface area contributed by atoms with Gasteiger partial charge in [0, 0.05) is 5.70 Å². The van der Waals surface area contributed by atoms with Crippen LogP contribution < -0.4 is 5.73 Å². The minimum absolute atomic E-state index is 0.203. The summed E-state index contributed by atoms with van der Waals surface area (Å²) >= 11 is 0. The molecule has 1 atom stereocenters. The summed E-state index contributed by atoms with van der Waals surface area (Å²) in [5.74, 6) is 0.0567. The molecule has 0 aromatic rings. The molecule has 1 aliphatic rings. The van der Waals surface area contributed by atoms with Crippen molar-refractivity contribution >= 4 is 0 Å². The Labute approximate surface area is 54.0 Å². The van der Waals surface area contributed by atoms with Gasteiger partial charge in [-0.25, -0.2) is 4.39 Å². The smallest absolute Gasteiger partial charge is 0.121 e. The minimum Gasteiger partial charge on any atom is -0.402 e. The second-order valence-corrected chi connectivity index (χ2v) is 2.45. The van der Waals surface area contributed by atoms with Crippen LogP contribution in [0.3, 0.4) is 0 Å². The molecule has 0 saturated heterocycles. The quantitative estimate of drug-likeness (QED) is 0.526. The SMILES string of the molecule is CC1C=C(F)C=C(N)C1. The zero-order valence-corrected chi connectivity index (χ0v) is 5.39. The van der Waals surface area contributed by atoms with Crippen molar-refractivity contribution in [1.29, 1.82) is 0 Å². The van der Waals surface area contributed by atoms with E-state index in [4.69, 9.17) is 5.73 Å². The molecule has 0 saturated carbocycles. The van der Waals surface area contributed by atoms with Crippen LogP contribution in [0.15, 0.2) is 23.7 Å². The fourth-order valence-electron chi connectivity index (χ4n) is 0.987. The molecule has 9 heavy (non-hydrogen) atoms. The first kappa shape index (κ1) is 6.33. The number of hydrogen-bond acceptors (Lipinski definition) is 1. The normalized spacial score (nSPS) is 27.1. The highest BCUT2D eigenvalue weighted by Gasteiger charge is 2.07. The van der Waals surface area contributed by atoms with Gasteiger partial charge in [-0.15, -0.1) is 0 Å². The van der Waals surface area contributed by atoms with Gasteiger partial charge in [-0.2, -0.15) is 0 Å². The van der Waals surface area contributed by atoms with Gasteiger partial charge in [0.1, 0.15) is 5.83 Å². The van der Waals surface area contributed by atoms with E-state index in [1.807, 2.05) is 6.92 Å². The van der Waals surface area contributed by atoms with Gasteiger partial charge in [0.2, 0.25) is 0 Å². The van der Waals surface area contributed by atoms with Gasteiger partial charge in [0.05, 0.1) is 0 Å². The van der Waals surface area contributed by atoms with Crippen molar-refractivity contribution in [2.24, 2.45) is 11.7 Å². The molecular formula is C7H10FN. The third-order valence-electron chi connectivity index (χ3n) is 1.32. The summed E-state index contributed by atoms with van der Waals surface area (Å²) in [5.41, 5.74) is 6.04. The summed E-state index contributed by atoms with van der Waals surface area (Å²) in [7, 11) is 0. The Hall–Kier alpha value is -0.790. The lowest BCUT2D eigenvalue weighted by molar-refractivity contribution is 0.602. The number of rotatable bonds is 0. The van der Waals surface area contributed by atoms with Crippen LogP contribution in [0.25, 0.3) is 0 Å². The fraction of sp³-hybridized carbons (Fsp3) is 0.429. The Balaban J connectivity index is 2.74. The average Bonchev–Trinajstić information content (AvgIpc) is 1.59. The molecule has 0 bridgehead atoms. The summed E-state index contributed by atoms with van der Waals surface area (Å²) < 4.78 is 12.4. The summed E-state index contributed by atoms with van der Waals surface area (Å²) in [4.78, 5) is 0. The number of hydrogen-bond donors (Lipinski definition) is 1. The van der Waals surface area contributed by atoms with E-state index in [1.165, 1.54) is 6.08 Å². The highest BCUT2D eigenvalue weighted by Crippen LogP contribution is 2.19. The van der Waals surface area contributed by atoms with Crippen molar-refractivity contribution in [3.63, 3.8) is 0 Å². The van der Waals surface area contributed by atoms with E-state index in [-0.39, 0.29) is 11.7 Å². The maximum absolute atomic E-state index is 12.4. The van der Waals surface area contributed by atoms with Crippen molar-refractivity contribution in [2.45, 2.75) is 13.3 Å². The van der Waals surface area contributed by atoms with Gasteiger partial charge in [0.25, 0.3) is 0 Å². The first-order valence-corrected chi connectivity index (χ1v) is 3.02. The molecule has 1 rings (SSSR count). The molecule has 0 aromatic carbocycles. The summed E-state index contributed by atoms with van der Waals surface area (Å²) in [6.07, 6.45) is 3.74. The Kier molecular flexibility index (Phi) is 1.56. The maximum atomic E-state index is 12.4. The molecule has 1 aliphatic carbocycles. The van der Waals surface area contributed by atoms with Gasteiger partial charge in [0.15, 0.2) is 0 Å². The lowest BCUT2D eigenvalue weighted by atomic mass is 10.0. The highest BCUT2D eigenvalue weighted by atomic mass is 19.1. The third-order valence-corrected chi connectivity index (χ3v) is 1.32. The van der Waals surface area contributed by atoms with Crippen LogP contribution in [-0.4, -0.2) is 0 Å². The lowest BCUT2D eigenvalue weighted by Crippen LogP contribution is -2.06. The maximum Gasteiger partial charge on any atom is 0.121 e. The lowest BCUT2D eigenvalue weighted by Gasteiger charge is -2.10. The monoisotopic (exact) mass is 127 g/mol. The topological polar surface area (TPSA) is 26.0 Å². The molecule has 0 amide bonds. The second kappa shape index (κ2) is 2.21. The van der Waals surface area contributed by atoms with Gasteiger partial charge in [-0.3, -0.25) is 0 Å². The Morgan fingerprint density at radius 2 is 2.44 bits per heavy atom. The molecule has 2 heteroatoms. The summed E-state index contributed by atoms with van der Waals surface area (Å²) in [6, 6.07) is 0. The molecule has 50 valence electrons. The molecule has 0 radical (unpaired) electrons. The van der Waals surface area contributed by atoms with Crippen LogP contribution in [0.1, 0.15) is 13.3 Å². The van der Waals surface area contributed by atoms with E-state index < -0.39 is 0 Å². The van der Waals surface area contributed by atoms with Crippen LogP contribution in [0, 0.1) is 5.92 Å². The Bertz CT molecular complexity index is 170. The van der Waals surface area contributed by atoms with Crippen LogP contribution in [0.5, 0.6) is 0 Å². The zero-order chi connectivity index (χ0) is 6.85. The highest BCUT2D eigenvalue weighted by molar-refractivity contribution is 5.22. The van der Waals surface area contributed by atoms with Crippen LogP contribution in [-0.2, 0) is 0 Å². The summed E-state index contributed by atoms with van der Waals surface area (Å²) in [6.45, 7) is 1.94. The Morgan fingerprint density at radius 1 is 1.78 bits per heavy atom. The van der Waals surface area contributed by atoms with Crippen molar-refractivity contribution in [3.05, 3.63) is 23.7 Å². The Morgan fingerprint density at radius 3 is 2.89 bits per heavy atom. The fourth-order valence-corrected chi connectivity index (χ4v) is 0.987. The first-order valence-electron chi connectivity index (χ1n) is 3.02. The van der Waals surface area contributed by atoms with E-state index in [2.05, 4.69) is 0 Å². The molecular weight excluding hydrogens is 117 g/mol. The van der Waals surface area contributed by atoms with Crippen molar-refractivity contribution in [2.75, 3.05) is 0 Å². The van der Waals surface area contributed by atoms with E-state index in [1.54, 1.807) is 6.08 Å². The van der Waals surface area contributed by atoms with E-state index in [9.17, 15) is 4.39 Å². The average molecular weight is 127 g/mol. The minimum atomic E-state index is -0.203. The van der Waals surface area contributed by atoms with Crippen LogP contribution in [0.4, 0.5) is 4.39 Å². The van der Waals surface area contributed by atoms with Crippen molar-refractivity contribution < 1.29 is 4.39 Å². The predicted molar refractivity (Wildman–Crippen MR) is 35.2 cm³/mol. The van der Waals surface area contributed by atoms with Gasteiger partial charge in [-0.1, -0.05) is 6.92 Å². The molecule has 0 spiro atoms. The predicted octanol–water partition coefficient (Wildman–Crippen LogP) is 1.72. The zero-order valence-electron chi connectivity index (χ0n) is 5.39. The first-order chi connectivity index (χ1) is 4.18. The third kappa shape index (κ3) is 1.56. The van der Waals surface area contributed by atoms with Crippen LogP contribution >= 0.6 is 0 Å². The number of nitrogens with two attached hydrogens (primary N) is 1. The molecule has 1 nitrogen and oxygen atoms in total. The molecule has 0 aromatic heterocycles. The van der Waals surface area contributed by atoms with Gasteiger partial charge >= 0.3 is 0 Å². The standard InChI is InChI=1S/C7H10FN/c1-5-2-6(8)4-7(9)3-5/h2,4-5H,3,9H2,1H3. The van der Waals surface area contributed by atoms with E-state index >= 15 is 0 Å². The van der Waals surface area contributed by atoms with Crippen molar-refractivity contribution in [1.82, 2.24) is 0 Å². The molecule has 0 aliphatic heterocycles. The van der Waals surface area contributed by atoms with Crippen molar-refractivity contribution in [3.8, 4) is 0 Å². The molecule has 0 fully saturated rings. The largest absolute Gasteiger partial charge is 0.402 e. The molecule has 1 unspecified atom stereocenters. The van der Waals surface area contributed by atoms with E-state index in [0.29, 0.717) is 5.70 Å². The molecule has 0 heterocycles. The molecule has 2 N–H and O–H groups in total. The van der Waals surface area contributed by atoms with Gasteiger partial charge < -0.3 is 5.73 Å². The van der Waals surface area contributed by atoms with Crippen LogP contribution in [0.2, 0.25) is 0 Å². The number of halogens is 1. The summed E-state index contributed by atoms with van der Waals surface area (Å²) in [5, 5.41) is 0. The number of allylic oxidation sites excluding steroid dienone is 4. The van der Waals surface area contributed by atoms with Gasteiger partial charge in [-0.05, 0) is 24.5 Å². The second-order valence-electron chi connectivity index (χ2n) is 2.45. The van der Waals surface area contributed by atoms with E-state index in [0.717, 1.165) is 6.42 Å².